The molecule has 1 aromatic carbocycles. The second-order valence-electron chi connectivity index (χ2n) is 11.1. The van der Waals surface area contributed by atoms with E-state index in [0.717, 1.165) is 45.2 Å². The van der Waals surface area contributed by atoms with Crippen molar-refractivity contribution in [2.24, 2.45) is 5.92 Å². The molecule has 4 saturated heterocycles. The highest BCUT2D eigenvalue weighted by molar-refractivity contribution is 5.92. The highest BCUT2D eigenvalue weighted by Crippen LogP contribution is 2.58. The summed E-state index contributed by atoms with van der Waals surface area (Å²) in [5.74, 6) is 0.768. The van der Waals surface area contributed by atoms with Gasteiger partial charge in [0.05, 0.1) is 5.54 Å². The lowest BCUT2D eigenvalue weighted by Gasteiger charge is -2.65. The summed E-state index contributed by atoms with van der Waals surface area (Å²) >= 11 is 0. The number of amides is 1. The second kappa shape index (κ2) is 5.79. The molecule has 4 aliphatic heterocycles. The standard InChI is InChI=1S/C26H33N3O/c1-16(2)9-10-17-7-5-8-18-19-13-25-15-29-12-6-11-26(29,23(30)28-25)14-20(25)24(3,4)22(19)27-21(17)18/h5,7-9,20,27H,6,10-15H2,1-4H3,(H,28,30)/t20-,25+,26-/m0/s1. The van der Waals surface area contributed by atoms with Crippen molar-refractivity contribution in [3.05, 3.63) is 46.7 Å². The molecule has 0 saturated carbocycles. The van der Waals surface area contributed by atoms with Crippen molar-refractivity contribution in [2.75, 3.05) is 13.1 Å². The van der Waals surface area contributed by atoms with Crippen LogP contribution in [0.15, 0.2) is 29.8 Å². The maximum absolute atomic E-state index is 13.3. The summed E-state index contributed by atoms with van der Waals surface area (Å²) in [5, 5.41) is 4.95. The van der Waals surface area contributed by atoms with Crippen LogP contribution in [-0.4, -0.2) is 40.0 Å². The molecule has 7 rings (SSSR count). The predicted molar refractivity (Wildman–Crippen MR) is 121 cm³/mol. The van der Waals surface area contributed by atoms with E-state index in [-0.39, 0.29) is 16.5 Å². The van der Waals surface area contributed by atoms with Crippen LogP contribution in [0.2, 0.25) is 0 Å². The minimum atomic E-state index is -0.248. The zero-order valence-corrected chi connectivity index (χ0v) is 18.7. The van der Waals surface area contributed by atoms with E-state index < -0.39 is 0 Å². The van der Waals surface area contributed by atoms with Gasteiger partial charge in [0.15, 0.2) is 0 Å². The van der Waals surface area contributed by atoms with E-state index in [1.54, 1.807) is 0 Å². The van der Waals surface area contributed by atoms with Gasteiger partial charge >= 0.3 is 0 Å². The first-order chi connectivity index (χ1) is 14.3. The van der Waals surface area contributed by atoms with Crippen molar-refractivity contribution in [3.63, 3.8) is 0 Å². The lowest BCUT2D eigenvalue weighted by atomic mass is 9.51. The molecule has 5 heterocycles. The molecule has 1 aliphatic carbocycles. The zero-order valence-electron chi connectivity index (χ0n) is 18.7. The number of allylic oxidation sites excluding steroid dienone is 2. The number of H-pyrrole nitrogens is 1. The minimum absolute atomic E-state index is 0.00969. The predicted octanol–water partition coefficient (Wildman–Crippen LogP) is 4.23. The Hall–Kier alpha value is -2.07. The largest absolute Gasteiger partial charge is 0.357 e. The van der Waals surface area contributed by atoms with Crippen LogP contribution >= 0.6 is 0 Å². The van der Waals surface area contributed by atoms with Gasteiger partial charge < -0.3 is 10.3 Å². The average Bonchev–Trinajstić information content (AvgIpc) is 3.28. The van der Waals surface area contributed by atoms with Crippen molar-refractivity contribution in [2.45, 2.75) is 76.3 Å². The van der Waals surface area contributed by atoms with Crippen LogP contribution in [0.25, 0.3) is 10.9 Å². The first-order valence-electron chi connectivity index (χ1n) is 11.6. The van der Waals surface area contributed by atoms with Gasteiger partial charge in [-0.2, -0.15) is 0 Å². The summed E-state index contributed by atoms with van der Waals surface area (Å²) in [4.78, 5) is 19.7. The van der Waals surface area contributed by atoms with E-state index >= 15 is 0 Å². The number of carbonyl (C=O) groups is 1. The average molecular weight is 404 g/mol. The number of hydrogen-bond acceptors (Lipinski definition) is 2. The number of benzene rings is 1. The fraction of sp³-hybridized carbons (Fsp3) is 0.577. The molecule has 4 nitrogen and oxygen atoms in total. The van der Waals surface area contributed by atoms with Gasteiger partial charge in [-0.05, 0) is 69.5 Å². The molecule has 4 fully saturated rings. The molecule has 1 amide bonds. The Labute approximate surface area is 179 Å². The summed E-state index contributed by atoms with van der Waals surface area (Å²) in [7, 11) is 0. The van der Waals surface area contributed by atoms with Gasteiger partial charge in [0.1, 0.15) is 5.54 Å². The number of hydrogen-bond donors (Lipinski definition) is 2. The molecule has 0 unspecified atom stereocenters. The number of nitrogens with one attached hydrogen (secondary N) is 2. The van der Waals surface area contributed by atoms with Crippen LogP contribution in [0.3, 0.4) is 0 Å². The molecule has 2 spiro atoms. The Kier molecular flexibility index (Phi) is 3.60. The van der Waals surface area contributed by atoms with Crippen molar-refractivity contribution in [3.8, 4) is 0 Å². The van der Waals surface area contributed by atoms with E-state index in [1.807, 2.05) is 0 Å². The van der Waals surface area contributed by atoms with Crippen LogP contribution < -0.4 is 5.32 Å². The van der Waals surface area contributed by atoms with Crippen molar-refractivity contribution >= 4 is 16.8 Å². The number of para-hydroxylation sites is 1. The SMILES string of the molecule is CC(C)=CCc1cccc2c3c([nH]c12)C(C)(C)[C@@H]1C[C@]24CCCN2C[C@@]1(C3)NC4=O. The Morgan fingerprint density at radius 1 is 1.30 bits per heavy atom. The number of piperazine rings is 1. The van der Waals surface area contributed by atoms with Gasteiger partial charge in [-0.15, -0.1) is 0 Å². The third-order valence-electron chi connectivity index (χ3n) is 8.86. The molecule has 2 aromatic rings. The van der Waals surface area contributed by atoms with Gasteiger partial charge in [0.2, 0.25) is 5.91 Å². The maximum Gasteiger partial charge on any atom is 0.241 e. The van der Waals surface area contributed by atoms with Gasteiger partial charge in [-0.1, -0.05) is 43.7 Å². The highest BCUT2D eigenvalue weighted by Gasteiger charge is 2.68. The monoisotopic (exact) mass is 403 g/mol. The lowest BCUT2D eigenvalue weighted by molar-refractivity contribution is -0.160. The summed E-state index contributed by atoms with van der Waals surface area (Å²) < 4.78 is 0. The molecule has 2 bridgehead atoms. The number of nitrogens with zero attached hydrogens (tertiary/aromatic N) is 1. The van der Waals surface area contributed by atoms with Crippen LogP contribution in [0.4, 0.5) is 0 Å². The highest BCUT2D eigenvalue weighted by atomic mass is 16.2. The van der Waals surface area contributed by atoms with E-state index in [4.69, 9.17) is 0 Å². The van der Waals surface area contributed by atoms with Crippen LogP contribution in [0, 0.1) is 5.92 Å². The Balaban J connectivity index is 1.52. The molecule has 4 heteroatoms. The van der Waals surface area contributed by atoms with Crippen LogP contribution in [0.1, 0.15) is 63.8 Å². The van der Waals surface area contributed by atoms with Gasteiger partial charge in [0, 0.05) is 28.6 Å². The van der Waals surface area contributed by atoms with Gasteiger partial charge in [-0.25, -0.2) is 0 Å². The molecule has 5 aliphatic rings. The van der Waals surface area contributed by atoms with Crippen molar-refractivity contribution < 1.29 is 4.79 Å². The molecule has 0 radical (unpaired) electrons. The molecule has 30 heavy (non-hydrogen) atoms. The summed E-state index contributed by atoms with van der Waals surface area (Å²) in [5.41, 5.74) is 6.48. The zero-order chi connectivity index (χ0) is 20.9. The first kappa shape index (κ1) is 18.7. The number of piperidine rings is 2. The van der Waals surface area contributed by atoms with Gasteiger partial charge in [0.25, 0.3) is 0 Å². The van der Waals surface area contributed by atoms with E-state index in [9.17, 15) is 4.79 Å². The smallest absolute Gasteiger partial charge is 0.241 e. The Bertz CT molecular complexity index is 1100. The molecule has 3 atom stereocenters. The molecular formula is C26H33N3O. The maximum atomic E-state index is 13.3. The lowest BCUT2D eigenvalue weighted by Crippen LogP contribution is -2.82. The Morgan fingerprint density at radius 2 is 2.13 bits per heavy atom. The van der Waals surface area contributed by atoms with Crippen molar-refractivity contribution in [1.82, 2.24) is 15.2 Å². The summed E-state index contributed by atoms with van der Waals surface area (Å²) in [6, 6.07) is 6.73. The number of fused-ring (bicyclic) bond motifs is 4. The molecule has 2 N–H and O–H groups in total. The van der Waals surface area contributed by atoms with Crippen LogP contribution in [-0.2, 0) is 23.1 Å². The normalized spacial score (nSPS) is 33.7. The number of aromatic nitrogens is 1. The van der Waals surface area contributed by atoms with Gasteiger partial charge in [-0.3, -0.25) is 9.69 Å². The van der Waals surface area contributed by atoms with E-state index in [0.29, 0.717) is 11.8 Å². The third kappa shape index (κ3) is 2.18. The molecular weight excluding hydrogens is 370 g/mol. The van der Waals surface area contributed by atoms with E-state index in [1.165, 1.54) is 33.3 Å². The molecule has 158 valence electrons. The number of aromatic amines is 1. The fourth-order valence-electron chi connectivity index (χ4n) is 7.41. The van der Waals surface area contributed by atoms with Crippen molar-refractivity contribution in [1.29, 1.82) is 0 Å². The molecule has 1 aromatic heterocycles. The topological polar surface area (TPSA) is 48.1 Å². The summed E-state index contributed by atoms with van der Waals surface area (Å²) in [6.07, 6.45) is 7.40. The second-order valence-corrected chi connectivity index (χ2v) is 11.1. The number of carbonyl (C=O) groups excluding carboxylic acids is 1. The van der Waals surface area contributed by atoms with E-state index in [2.05, 4.69) is 67.2 Å². The Morgan fingerprint density at radius 3 is 2.93 bits per heavy atom. The minimum Gasteiger partial charge on any atom is -0.357 e. The van der Waals surface area contributed by atoms with Crippen LogP contribution in [0.5, 0.6) is 0 Å². The first-order valence-corrected chi connectivity index (χ1v) is 11.6. The summed E-state index contributed by atoms with van der Waals surface area (Å²) in [6.45, 7) is 11.2. The number of rotatable bonds is 2. The third-order valence-corrected chi connectivity index (χ3v) is 8.86. The quantitative estimate of drug-likeness (QED) is 0.737. The fourth-order valence-corrected chi connectivity index (χ4v) is 7.41.